The molecule has 4 aliphatic carbocycles. The van der Waals surface area contributed by atoms with Gasteiger partial charge in [0, 0.05) is 17.6 Å². The van der Waals surface area contributed by atoms with Gasteiger partial charge in [-0.1, -0.05) is 0 Å². The lowest BCUT2D eigenvalue weighted by atomic mass is 9.53. The normalized spacial score (nSPS) is 44.3. The Balaban J connectivity index is 1.66. The van der Waals surface area contributed by atoms with E-state index in [2.05, 4.69) is 31.5 Å². The van der Waals surface area contributed by atoms with Gasteiger partial charge >= 0.3 is 0 Å². The van der Waals surface area contributed by atoms with Gasteiger partial charge in [0.15, 0.2) is 0 Å². The van der Waals surface area contributed by atoms with Crippen LogP contribution in [0.1, 0.15) is 52.4 Å². The summed E-state index contributed by atoms with van der Waals surface area (Å²) in [5.41, 5.74) is 0.742. The van der Waals surface area contributed by atoms with E-state index in [9.17, 15) is 0 Å². The fraction of sp³-hybridized carbons (Fsp3) is 1.00. The summed E-state index contributed by atoms with van der Waals surface area (Å²) in [6, 6.07) is 0. The summed E-state index contributed by atoms with van der Waals surface area (Å²) >= 11 is 0. The molecule has 2 nitrogen and oxygen atoms in total. The first-order valence-electron chi connectivity index (χ1n) is 7.44. The number of rotatable bonds is 4. The molecule has 0 atom stereocenters. The maximum absolute atomic E-state index is 3.96. The molecular weight excluding hydrogens is 208 g/mol. The monoisotopic (exact) mass is 236 g/mol. The number of nitrogens with one attached hydrogen (secondary N) is 2. The van der Waals surface area contributed by atoms with Crippen LogP contribution in [0.2, 0.25) is 0 Å². The molecule has 4 bridgehead atoms. The van der Waals surface area contributed by atoms with Crippen molar-refractivity contribution in [3.05, 3.63) is 0 Å². The summed E-state index contributed by atoms with van der Waals surface area (Å²) in [5, 5.41) is 7.37. The fourth-order valence-corrected chi connectivity index (χ4v) is 4.82. The first-order chi connectivity index (χ1) is 8.00. The molecule has 0 amide bonds. The van der Waals surface area contributed by atoms with E-state index in [-0.39, 0.29) is 5.54 Å². The number of hydrogen-bond donors (Lipinski definition) is 2. The lowest BCUT2D eigenvalue weighted by Gasteiger charge is -2.57. The predicted molar refractivity (Wildman–Crippen MR) is 72.0 cm³/mol. The molecule has 4 aliphatic rings. The molecule has 17 heavy (non-hydrogen) atoms. The van der Waals surface area contributed by atoms with Gasteiger partial charge in [0.2, 0.25) is 0 Å². The minimum Gasteiger partial charge on any atom is -0.314 e. The minimum absolute atomic E-state index is 0.226. The van der Waals surface area contributed by atoms with E-state index in [4.69, 9.17) is 0 Å². The molecule has 0 aromatic carbocycles. The summed E-state index contributed by atoms with van der Waals surface area (Å²) < 4.78 is 0. The first kappa shape index (κ1) is 12.0. The summed E-state index contributed by atoms with van der Waals surface area (Å²) in [7, 11) is 2.07. The highest BCUT2D eigenvalue weighted by atomic mass is 15.1. The Hall–Kier alpha value is -0.0800. The van der Waals surface area contributed by atoms with Crippen molar-refractivity contribution in [3.8, 4) is 0 Å². The standard InChI is InChI=1S/C15H28N2/c1-14(2,16-3)10-17-15-7-11-4-12(8-15)6-13(5-11)9-15/h11-13,16-17H,4-10H2,1-3H3. The van der Waals surface area contributed by atoms with Crippen LogP contribution in [-0.4, -0.2) is 24.7 Å². The summed E-state index contributed by atoms with van der Waals surface area (Å²) in [5.74, 6) is 3.14. The van der Waals surface area contributed by atoms with Crippen molar-refractivity contribution >= 4 is 0 Å². The van der Waals surface area contributed by atoms with Crippen molar-refractivity contribution in [1.29, 1.82) is 0 Å². The SMILES string of the molecule is CNC(C)(C)CNC12CC3CC(CC(C3)C1)C2. The van der Waals surface area contributed by atoms with E-state index < -0.39 is 0 Å². The Kier molecular flexibility index (Phi) is 2.79. The maximum atomic E-state index is 3.96. The van der Waals surface area contributed by atoms with Crippen LogP contribution in [0.25, 0.3) is 0 Å². The second-order valence-electron chi connectivity index (χ2n) is 7.69. The minimum atomic E-state index is 0.226. The Labute approximate surface area is 106 Å². The van der Waals surface area contributed by atoms with Gasteiger partial charge in [0.1, 0.15) is 0 Å². The van der Waals surface area contributed by atoms with Crippen LogP contribution < -0.4 is 10.6 Å². The van der Waals surface area contributed by atoms with Crippen molar-refractivity contribution < 1.29 is 0 Å². The van der Waals surface area contributed by atoms with Crippen molar-refractivity contribution in [2.45, 2.75) is 63.5 Å². The van der Waals surface area contributed by atoms with Gasteiger partial charge < -0.3 is 10.6 Å². The number of hydrogen-bond acceptors (Lipinski definition) is 2. The van der Waals surface area contributed by atoms with E-state index >= 15 is 0 Å². The predicted octanol–water partition coefficient (Wildman–Crippen LogP) is 2.54. The van der Waals surface area contributed by atoms with Gasteiger partial charge in [-0.05, 0) is 77.2 Å². The van der Waals surface area contributed by atoms with Crippen LogP contribution in [0.15, 0.2) is 0 Å². The third-order valence-electron chi connectivity index (χ3n) is 5.62. The number of likely N-dealkylation sites (N-methyl/N-ethyl adjacent to an activating group) is 1. The summed E-state index contributed by atoms with van der Waals surface area (Å²) in [4.78, 5) is 0. The highest BCUT2D eigenvalue weighted by Crippen LogP contribution is 2.55. The molecule has 0 heterocycles. The van der Waals surface area contributed by atoms with E-state index in [1.165, 1.54) is 38.5 Å². The van der Waals surface area contributed by atoms with Crippen LogP contribution in [-0.2, 0) is 0 Å². The second kappa shape index (κ2) is 3.96. The average molecular weight is 236 g/mol. The maximum Gasteiger partial charge on any atom is 0.0246 e. The van der Waals surface area contributed by atoms with Crippen LogP contribution in [0.3, 0.4) is 0 Å². The Morgan fingerprint density at radius 1 is 1.00 bits per heavy atom. The molecule has 2 N–H and O–H groups in total. The van der Waals surface area contributed by atoms with E-state index in [1.54, 1.807) is 0 Å². The van der Waals surface area contributed by atoms with Gasteiger partial charge in [-0.25, -0.2) is 0 Å². The van der Waals surface area contributed by atoms with Gasteiger partial charge in [-0.15, -0.1) is 0 Å². The topological polar surface area (TPSA) is 24.1 Å². The van der Waals surface area contributed by atoms with E-state index in [0.29, 0.717) is 5.54 Å². The van der Waals surface area contributed by atoms with Crippen molar-refractivity contribution in [1.82, 2.24) is 10.6 Å². The molecule has 0 aromatic rings. The average Bonchev–Trinajstić information content (AvgIpc) is 2.25. The molecule has 0 unspecified atom stereocenters. The van der Waals surface area contributed by atoms with Gasteiger partial charge in [0.05, 0.1) is 0 Å². The third kappa shape index (κ3) is 2.26. The van der Waals surface area contributed by atoms with Crippen LogP contribution in [0.4, 0.5) is 0 Å². The molecule has 4 saturated carbocycles. The zero-order chi connectivity index (χ0) is 12.1. The quantitative estimate of drug-likeness (QED) is 0.784. The molecule has 2 heteroatoms. The third-order valence-corrected chi connectivity index (χ3v) is 5.62. The molecular formula is C15H28N2. The molecule has 0 radical (unpaired) electrons. The highest BCUT2D eigenvalue weighted by Gasteiger charge is 2.50. The van der Waals surface area contributed by atoms with E-state index in [0.717, 1.165) is 24.3 Å². The van der Waals surface area contributed by atoms with E-state index in [1.807, 2.05) is 0 Å². The van der Waals surface area contributed by atoms with Crippen LogP contribution in [0.5, 0.6) is 0 Å². The molecule has 0 spiro atoms. The molecule has 4 fully saturated rings. The summed E-state index contributed by atoms with van der Waals surface area (Å²) in [6.45, 7) is 5.69. The zero-order valence-corrected chi connectivity index (χ0v) is 11.7. The Bertz CT molecular complexity index is 260. The molecule has 4 rings (SSSR count). The van der Waals surface area contributed by atoms with Crippen molar-refractivity contribution in [3.63, 3.8) is 0 Å². The fourth-order valence-electron chi connectivity index (χ4n) is 4.82. The molecule has 0 aromatic heterocycles. The molecule has 0 saturated heterocycles. The smallest absolute Gasteiger partial charge is 0.0246 e. The van der Waals surface area contributed by atoms with Gasteiger partial charge in [-0.2, -0.15) is 0 Å². The van der Waals surface area contributed by atoms with Crippen LogP contribution >= 0.6 is 0 Å². The lowest BCUT2D eigenvalue weighted by molar-refractivity contribution is -0.0220. The Morgan fingerprint density at radius 3 is 1.88 bits per heavy atom. The van der Waals surface area contributed by atoms with Crippen molar-refractivity contribution in [2.24, 2.45) is 17.8 Å². The van der Waals surface area contributed by atoms with Crippen molar-refractivity contribution in [2.75, 3.05) is 13.6 Å². The lowest BCUT2D eigenvalue weighted by Crippen LogP contribution is -2.61. The van der Waals surface area contributed by atoms with Crippen LogP contribution in [0, 0.1) is 17.8 Å². The van der Waals surface area contributed by atoms with Gasteiger partial charge in [-0.3, -0.25) is 0 Å². The molecule has 0 aliphatic heterocycles. The highest BCUT2D eigenvalue weighted by molar-refractivity contribution is 5.07. The second-order valence-corrected chi connectivity index (χ2v) is 7.69. The Morgan fingerprint density at radius 2 is 1.47 bits per heavy atom. The first-order valence-corrected chi connectivity index (χ1v) is 7.44. The van der Waals surface area contributed by atoms with Gasteiger partial charge in [0.25, 0.3) is 0 Å². The zero-order valence-electron chi connectivity index (χ0n) is 11.7. The molecule has 98 valence electrons. The summed E-state index contributed by atoms with van der Waals surface area (Å²) in [6.07, 6.45) is 8.99. The largest absolute Gasteiger partial charge is 0.314 e.